The van der Waals surface area contributed by atoms with Crippen molar-refractivity contribution >= 4 is 23.4 Å². The summed E-state index contributed by atoms with van der Waals surface area (Å²) in [5, 5.41) is -0.107. The van der Waals surface area contributed by atoms with Crippen molar-refractivity contribution in [1.29, 1.82) is 0 Å². The normalized spacial score (nSPS) is 17.3. The Balaban J connectivity index is 2.28. The van der Waals surface area contributed by atoms with Crippen molar-refractivity contribution in [3.8, 4) is 0 Å². The van der Waals surface area contributed by atoms with E-state index in [1.54, 1.807) is 6.92 Å². The molecule has 1 saturated heterocycles. The van der Waals surface area contributed by atoms with Crippen LogP contribution in [0.5, 0.6) is 0 Å². The van der Waals surface area contributed by atoms with Crippen molar-refractivity contribution in [3.05, 3.63) is 34.3 Å². The average Bonchev–Trinajstić information content (AvgIpc) is 2.32. The molecule has 2 rings (SSSR count). The molecule has 0 radical (unpaired) electrons. The van der Waals surface area contributed by atoms with Gasteiger partial charge < -0.3 is 10.6 Å². The van der Waals surface area contributed by atoms with E-state index in [2.05, 4.69) is 0 Å². The van der Waals surface area contributed by atoms with Gasteiger partial charge in [-0.15, -0.1) is 0 Å². The third-order valence-electron chi connectivity index (χ3n) is 3.48. The first-order chi connectivity index (χ1) is 9.54. The number of carbonyl (C=O) groups is 2. The van der Waals surface area contributed by atoms with Crippen molar-refractivity contribution in [3.63, 3.8) is 0 Å². The summed E-state index contributed by atoms with van der Waals surface area (Å²) in [6.07, 6.45) is -4.69. The summed E-state index contributed by atoms with van der Waals surface area (Å²) in [5.41, 5.74) is 2.71. The van der Waals surface area contributed by atoms with Crippen LogP contribution in [-0.4, -0.2) is 29.8 Å². The number of primary amides is 1. The molecule has 2 amide bonds. The maximum atomic E-state index is 13.0. The number of halogens is 4. The molecule has 0 saturated carbocycles. The van der Waals surface area contributed by atoms with Crippen molar-refractivity contribution in [2.75, 3.05) is 13.1 Å². The lowest BCUT2D eigenvalue weighted by molar-refractivity contribution is -0.139. The first-order valence-corrected chi connectivity index (χ1v) is 6.38. The minimum atomic E-state index is -4.69. The van der Waals surface area contributed by atoms with Crippen molar-refractivity contribution < 1.29 is 22.8 Å². The standard InChI is InChI=1S/C13H12ClF3N2O2/c1-12(11(18)21)5-19(6-12)10(20)8-3-2-7(14)4-9(8)13(15,16)17/h2-4H,5-6H2,1H3,(H2,18,21). The lowest BCUT2D eigenvalue weighted by Crippen LogP contribution is -2.62. The second-order valence-corrected chi connectivity index (χ2v) is 5.71. The molecular formula is C13H12ClF3N2O2. The Morgan fingerprint density at radius 1 is 1.33 bits per heavy atom. The van der Waals surface area contributed by atoms with Crippen molar-refractivity contribution in [2.24, 2.45) is 11.1 Å². The second-order valence-electron chi connectivity index (χ2n) is 5.27. The number of nitrogens with zero attached hydrogens (tertiary/aromatic N) is 1. The molecule has 1 aliphatic rings. The zero-order chi connectivity index (χ0) is 16.0. The first kappa shape index (κ1) is 15.6. The molecule has 2 N–H and O–H groups in total. The zero-order valence-corrected chi connectivity index (χ0v) is 11.8. The van der Waals surface area contributed by atoms with Gasteiger partial charge in [0.05, 0.1) is 16.5 Å². The van der Waals surface area contributed by atoms with Crippen LogP contribution in [0.4, 0.5) is 13.2 Å². The molecule has 21 heavy (non-hydrogen) atoms. The highest BCUT2D eigenvalue weighted by Crippen LogP contribution is 2.36. The largest absolute Gasteiger partial charge is 0.417 e. The summed E-state index contributed by atoms with van der Waals surface area (Å²) in [6.45, 7) is 1.56. The molecule has 1 heterocycles. The molecule has 1 fully saturated rings. The second kappa shape index (κ2) is 4.91. The van der Waals surface area contributed by atoms with Crippen LogP contribution in [0.1, 0.15) is 22.8 Å². The fraction of sp³-hybridized carbons (Fsp3) is 0.385. The third-order valence-corrected chi connectivity index (χ3v) is 3.71. The van der Waals surface area contributed by atoms with Crippen LogP contribution in [0.25, 0.3) is 0 Å². The Hall–Kier alpha value is -1.76. The van der Waals surface area contributed by atoms with E-state index < -0.39 is 34.5 Å². The van der Waals surface area contributed by atoms with Crippen LogP contribution in [-0.2, 0) is 11.0 Å². The lowest BCUT2D eigenvalue weighted by atomic mass is 9.80. The summed E-state index contributed by atoms with van der Waals surface area (Å²) in [4.78, 5) is 24.5. The van der Waals surface area contributed by atoms with Gasteiger partial charge in [-0.1, -0.05) is 11.6 Å². The van der Waals surface area contributed by atoms with Crippen LogP contribution in [0.2, 0.25) is 5.02 Å². The summed E-state index contributed by atoms with van der Waals surface area (Å²) in [6, 6.07) is 2.96. The molecule has 0 atom stereocenters. The topological polar surface area (TPSA) is 63.4 Å². The van der Waals surface area contributed by atoms with E-state index in [0.717, 1.165) is 11.0 Å². The van der Waals surface area contributed by atoms with Gasteiger partial charge in [-0.2, -0.15) is 13.2 Å². The number of nitrogens with two attached hydrogens (primary N) is 1. The van der Waals surface area contributed by atoms with E-state index >= 15 is 0 Å². The number of hydrogen-bond acceptors (Lipinski definition) is 2. The smallest absolute Gasteiger partial charge is 0.369 e. The van der Waals surface area contributed by atoms with Crippen LogP contribution in [0.15, 0.2) is 18.2 Å². The molecule has 0 spiro atoms. The highest BCUT2D eigenvalue weighted by Gasteiger charge is 2.47. The zero-order valence-electron chi connectivity index (χ0n) is 11.0. The number of likely N-dealkylation sites (tertiary alicyclic amines) is 1. The molecule has 0 unspecified atom stereocenters. The van der Waals surface area contributed by atoms with Crippen LogP contribution < -0.4 is 5.73 Å². The van der Waals surface area contributed by atoms with Gasteiger partial charge in [0, 0.05) is 18.1 Å². The van der Waals surface area contributed by atoms with Gasteiger partial charge in [0.2, 0.25) is 5.91 Å². The van der Waals surface area contributed by atoms with Crippen molar-refractivity contribution in [2.45, 2.75) is 13.1 Å². The number of rotatable bonds is 2. The fourth-order valence-electron chi connectivity index (χ4n) is 2.20. The maximum Gasteiger partial charge on any atom is 0.417 e. The van der Waals surface area contributed by atoms with Gasteiger partial charge in [-0.25, -0.2) is 0 Å². The van der Waals surface area contributed by atoms with Gasteiger partial charge in [0.1, 0.15) is 0 Å². The molecular weight excluding hydrogens is 309 g/mol. The number of hydrogen-bond donors (Lipinski definition) is 1. The van der Waals surface area contributed by atoms with Gasteiger partial charge in [-0.3, -0.25) is 9.59 Å². The summed E-state index contributed by atoms with van der Waals surface area (Å²) in [5.74, 6) is -1.38. The minimum Gasteiger partial charge on any atom is -0.369 e. The van der Waals surface area contributed by atoms with Gasteiger partial charge in [0.15, 0.2) is 0 Å². The number of amides is 2. The quantitative estimate of drug-likeness (QED) is 0.909. The molecule has 1 aromatic carbocycles. The van der Waals surface area contributed by atoms with E-state index in [1.165, 1.54) is 6.07 Å². The van der Waals surface area contributed by atoms with Gasteiger partial charge in [0.25, 0.3) is 5.91 Å². The van der Waals surface area contributed by atoms with Gasteiger partial charge in [-0.05, 0) is 25.1 Å². The Morgan fingerprint density at radius 3 is 2.38 bits per heavy atom. The average molecular weight is 321 g/mol. The Morgan fingerprint density at radius 2 is 1.90 bits per heavy atom. The fourth-order valence-corrected chi connectivity index (χ4v) is 2.38. The number of alkyl halides is 3. The highest BCUT2D eigenvalue weighted by atomic mass is 35.5. The first-order valence-electron chi connectivity index (χ1n) is 6.00. The third kappa shape index (κ3) is 2.83. The molecule has 0 bridgehead atoms. The van der Waals surface area contributed by atoms with Crippen LogP contribution in [0.3, 0.4) is 0 Å². The Bertz CT molecular complexity index is 610. The number of carbonyl (C=O) groups excluding carboxylic acids is 2. The van der Waals surface area contributed by atoms with Crippen LogP contribution >= 0.6 is 11.6 Å². The summed E-state index contributed by atoms with van der Waals surface area (Å²) >= 11 is 5.56. The predicted molar refractivity (Wildman–Crippen MR) is 69.7 cm³/mol. The molecule has 1 aliphatic heterocycles. The SMILES string of the molecule is CC1(C(N)=O)CN(C(=O)c2ccc(Cl)cc2C(F)(F)F)C1. The molecule has 114 valence electrons. The monoisotopic (exact) mass is 320 g/mol. The summed E-state index contributed by atoms with van der Waals surface area (Å²) in [7, 11) is 0. The van der Waals surface area contributed by atoms with E-state index in [0.29, 0.717) is 6.07 Å². The lowest BCUT2D eigenvalue weighted by Gasteiger charge is -2.45. The predicted octanol–water partition coefficient (Wildman–Crippen LogP) is 2.31. The van der Waals surface area contributed by atoms with Gasteiger partial charge >= 0.3 is 6.18 Å². The van der Waals surface area contributed by atoms with E-state index in [9.17, 15) is 22.8 Å². The molecule has 1 aromatic rings. The Labute approximate surface area is 123 Å². The summed E-state index contributed by atoms with van der Waals surface area (Å²) < 4.78 is 38.9. The van der Waals surface area contributed by atoms with Crippen LogP contribution in [0, 0.1) is 5.41 Å². The number of benzene rings is 1. The molecule has 8 heteroatoms. The van der Waals surface area contributed by atoms with E-state index in [-0.39, 0.29) is 18.1 Å². The molecule has 0 aliphatic carbocycles. The minimum absolute atomic E-state index is 0.00108. The molecule has 4 nitrogen and oxygen atoms in total. The maximum absolute atomic E-state index is 13.0. The molecule has 0 aromatic heterocycles. The highest BCUT2D eigenvalue weighted by molar-refractivity contribution is 6.30. The van der Waals surface area contributed by atoms with Crippen molar-refractivity contribution in [1.82, 2.24) is 4.90 Å². The van der Waals surface area contributed by atoms with E-state index in [1.807, 2.05) is 0 Å². The van der Waals surface area contributed by atoms with E-state index in [4.69, 9.17) is 17.3 Å². The Kier molecular flexibility index (Phi) is 3.65.